The quantitative estimate of drug-likeness (QED) is 0.816. The summed E-state index contributed by atoms with van der Waals surface area (Å²) in [4.78, 5) is 11.5. The van der Waals surface area contributed by atoms with Crippen LogP contribution in [0.15, 0.2) is 22.7 Å². The second-order valence-electron chi connectivity index (χ2n) is 3.75. The Morgan fingerprint density at radius 2 is 2.22 bits per heavy atom. The zero-order valence-electron chi connectivity index (χ0n) is 9.88. The van der Waals surface area contributed by atoms with Crippen LogP contribution in [0, 0.1) is 6.92 Å². The maximum atomic E-state index is 11.8. The van der Waals surface area contributed by atoms with Gasteiger partial charge < -0.3 is 10.1 Å². The highest BCUT2D eigenvalue weighted by molar-refractivity contribution is 9.10. The number of aryl methyl sites for hydroxylation is 1. The normalized spacial score (nSPS) is 10.7. The number of benzene rings is 1. The third-order valence-electron chi connectivity index (χ3n) is 2.12. The molecule has 0 fully saturated rings. The van der Waals surface area contributed by atoms with Gasteiger partial charge >= 0.3 is 0 Å². The minimum Gasteiger partial charge on any atom is -0.375 e. The zero-order valence-corrected chi connectivity index (χ0v) is 11.5. The Hall–Kier alpha value is -1.01. The molecule has 1 rings (SSSR count). The second kappa shape index (κ2) is 7.43. The number of amides is 1. The van der Waals surface area contributed by atoms with E-state index in [1.165, 1.54) is 0 Å². The van der Waals surface area contributed by atoms with Gasteiger partial charge in [-0.25, -0.2) is 8.78 Å². The van der Waals surface area contributed by atoms with Crippen LogP contribution in [0.3, 0.4) is 0 Å². The summed E-state index contributed by atoms with van der Waals surface area (Å²) < 4.78 is 28.9. The molecule has 0 bridgehead atoms. The van der Waals surface area contributed by atoms with E-state index in [1.807, 2.05) is 19.1 Å². The van der Waals surface area contributed by atoms with Gasteiger partial charge in [-0.05, 0) is 40.5 Å². The molecule has 0 unspecified atom stereocenters. The van der Waals surface area contributed by atoms with Gasteiger partial charge in [0.05, 0.1) is 18.7 Å². The van der Waals surface area contributed by atoms with Gasteiger partial charge in [0.25, 0.3) is 6.43 Å². The molecule has 0 spiro atoms. The molecular formula is C12H14BrF2NO2. The molecule has 0 saturated carbocycles. The van der Waals surface area contributed by atoms with Crippen molar-refractivity contribution in [2.24, 2.45) is 0 Å². The third-order valence-corrected chi connectivity index (χ3v) is 2.77. The first-order valence-electron chi connectivity index (χ1n) is 5.41. The first-order valence-corrected chi connectivity index (χ1v) is 6.20. The number of alkyl halides is 2. The van der Waals surface area contributed by atoms with Gasteiger partial charge in [0.1, 0.15) is 6.61 Å². The standard InChI is InChI=1S/C12H14BrF2NO2/c1-8-2-3-10(9(13)6-8)16-12(17)4-5-18-7-11(14)15/h2-3,6,11H,4-5,7H2,1H3,(H,16,17). The van der Waals surface area contributed by atoms with Gasteiger partial charge in [-0.3, -0.25) is 4.79 Å². The van der Waals surface area contributed by atoms with Crippen LogP contribution >= 0.6 is 15.9 Å². The van der Waals surface area contributed by atoms with Crippen molar-refractivity contribution in [1.29, 1.82) is 0 Å². The molecule has 0 aliphatic carbocycles. The molecule has 1 N–H and O–H groups in total. The SMILES string of the molecule is Cc1ccc(NC(=O)CCOCC(F)F)c(Br)c1. The molecule has 18 heavy (non-hydrogen) atoms. The number of hydrogen-bond acceptors (Lipinski definition) is 2. The number of carbonyl (C=O) groups excluding carboxylic acids is 1. The van der Waals surface area contributed by atoms with Crippen molar-refractivity contribution in [3.8, 4) is 0 Å². The lowest BCUT2D eigenvalue weighted by Crippen LogP contribution is -2.16. The van der Waals surface area contributed by atoms with E-state index in [0.717, 1.165) is 10.0 Å². The summed E-state index contributed by atoms with van der Waals surface area (Å²) >= 11 is 3.33. The lowest BCUT2D eigenvalue weighted by molar-refractivity contribution is -0.117. The Morgan fingerprint density at radius 1 is 1.50 bits per heavy atom. The highest BCUT2D eigenvalue weighted by atomic mass is 79.9. The van der Waals surface area contributed by atoms with Crippen LogP contribution in [0.2, 0.25) is 0 Å². The lowest BCUT2D eigenvalue weighted by atomic mass is 10.2. The molecule has 0 aromatic heterocycles. The average molecular weight is 322 g/mol. The van der Waals surface area contributed by atoms with Gasteiger partial charge in [-0.1, -0.05) is 6.07 Å². The predicted octanol–water partition coefficient (Wildman–Crippen LogP) is 3.37. The number of halogens is 3. The van der Waals surface area contributed by atoms with Crippen LogP contribution in [0.5, 0.6) is 0 Å². The summed E-state index contributed by atoms with van der Waals surface area (Å²) in [5.74, 6) is -0.270. The summed E-state index contributed by atoms with van der Waals surface area (Å²) in [5, 5.41) is 2.67. The molecule has 1 amide bonds. The monoisotopic (exact) mass is 321 g/mol. The Bertz CT molecular complexity index is 413. The molecule has 0 aliphatic rings. The maximum absolute atomic E-state index is 11.8. The fourth-order valence-corrected chi connectivity index (χ4v) is 1.86. The molecule has 0 atom stereocenters. The molecule has 3 nitrogen and oxygen atoms in total. The Labute approximate surface area is 113 Å². The highest BCUT2D eigenvalue weighted by Gasteiger charge is 2.07. The second-order valence-corrected chi connectivity index (χ2v) is 4.60. The molecular weight excluding hydrogens is 308 g/mol. The smallest absolute Gasteiger partial charge is 0.261 e. The van der Waals surface area contributed by atoms with Crippen molar-refractivity contribution in [3.05, 3.63) is 28.2 Å². The fourth-order valence-electron chi connectivity index (χ4n) is 1.27. The van der Waals surface area contributed by atoms with Crippen LogP contribution < -0.4 is 5.32 Å². The summed E-state index contributed by atoms with van der Waals surface area (Å²) in [5.41, 5.74) is 1.72. The first kappa shape index (κ1) is 15.0. The summed E-state index contributed by atoms with van der Waals surface area (Å²) in [6, 6.07) is 5.52. The first-order chi connectivity index (χ1) is 8.49. The fraction of sp³-hybridized carbons (Fsp3) is 0.417. The Morgan fingerprint density at radius 3 is 2.83 bits per heavy atom. The van der Waals surface area contributed by atoms with Crippen molar-refractivity contribution < 1.29 is 18.3 Å². The van der Waals surface area contributed by atoms with E-state index in [0.29, 0.717) is 5.69 Å². The average Bonchev–Trinajstić information content (AvgIpc) is 2.28. The number of hydrogen-bond donors (Lipinski definition) is 1. The number of anilines is 1. The highest BCUT2D eigenvalue weighted by Crippen LogP contribution is 2.23. The maximum Gasteiger partial charge on any atom is 0.261 e. The van der Waals surface area contributed by atoms with Crippen molar-refractivity contribution >= 4 is 27.5 Å². The van der Waals surface area contributed by atoms with Crippen LogP contribution in [0.25, 0.3) is 0 Å². The van der Waals surface area contributed by atoms with E-state index in [9.17, 15) is 13.6 Å². The van der Waals surface area contributed by atoms with Crippen LogP contribution in [0.1, 0.15) is 12.0 Å². The largest absolute Gasteiger partial charge is 0.375 e. The van der Waals surface area contributed by atoms with Crippen molar-refractivity contribution in [1.82, 2.24) is 0 Å². The van der Waals surface area contributed by atoms with Gasteiger partial charge in [-0.15, -0.1) is 0 Å². The van der Waals surface area contributed by atoms with Gasteiger partial charge in [0.15, 0.2) is 0 Å². The Kier molecular flexibility index (Phi) is 6.21. The minimum absolute atomic E-state index is 0.0142. The van der Waals surface area contributed by atoms with Crippen LogP contribution in [-0.4, -0.2) is 25.5 Å². The number of ether oxygens (including phenoxy) is 1. The molecule has 1 aromatic rings. The number of nitrogens with one attached hydrogen (secondary N) is 1. The van der Waals surface area contributed by atoms with E-state index in [2.05, 4.69) is 26.0 Å². The van der Waals surface area contributed by atoms with E-state index in [1.54, 1.807) is 6.07 Å². The molecule has 6 heteroatoms. The van der Waals surface area contributed by atoms with E-state index in [-0.39, 0.29) is 18.9 Å². The minimum atomic E-state index is -2.50. The zero-order chi connectivity index (χ0) is 13.5. The molecule has 100 valence electrons. The molecule has 0 heterocycles. The van der Waals surface area contributed by atoms with Crippen molar-refractivity contribution in [2.75, 3.05) is 18.5 Å². The topological polar surface area (TPSA) is 38.3 Å². The molecule has 0 saturated heterocycles. The molecule has 0 radical (unpaired) electrons. The number of carbonyl (C=O) groups is 1. The molecule has 1 aromatic carbocycles. The van der Waals surface area contributed by atoms with E-state index >= 15 is 0 Å². The number of rotatable bonds is 6. The predicted molar refractivity (Wildman–Crippen MR) is 68.9 cm³/mol. The van der Waals surface area contributed by atoms with Crippen LogP contribution in [-0.2, 0) is 9.53 Å². The summed E-state index contributed by atoms with van der Waals surface area (Å²) in [6.45, 7) is 1.29. The molecule has 0 aliphatic heterocycles. The lowest BCUT2D eigenvalue weighted by Gasteiger charge is -2.08. The van der Waals surface area contributed by atoms with Crippen molar-refractivity contribution in [2.45, 2.75) is 19.8 Å². The van der Waals surface area contributed by atoms with E-state index in [4.69, 9.17) is 0 Å². The summed E-state index contributed by atoms with van der Waals surface area (Å²) in [6.07, 6.45) is -2.45. The van der Waals surface area contributed by atoms with Crippen molar-refractivity contribution in [3.63, 3.8) is 0 Å². The van der Waals surface area contributed by atoms with Gasteiger partial charge in [0, 0.05) is 4.47 Å². The van der Waals surface area contributed by atoms with Crippen LogP contribution in [0.4, 0.5) is 14.5 Å². The third kappa shape index (κ3) is 5.55. The van der Waals surface area contributed by atoms with Gasteiger partial charge in [-0.2, -0.15) is 0 Å². The van der Waals surface area contributed by atoms with E-state index < -0.39 is 13.0 Å². The summed E-state index contributed by atoms with van der Waals surface area (Å²) in [7, 11) is 0. The Balaban J connectivity index is 2.35. The van der Waals surface area contributed by atoms with Gasteiger partial charge in [0.2, 0.25) is 5.91 Å².